The summed E-state index contributed by atoms with van der Waals surface area (Å²) in [6.45, 7) is 0. The highest BCUT2D eigenvalue weighted by molar-refractivity contribution is 14.1. The summed E-state index contributed by atoms with van der Waals surface area (Å²) in [5.41, 5.74) is 0.444. The number of nitrogens with one attached hydrogen (secondary N) is 2. The van der Waals surface area contributed by atoms with Crippen LogP contribution < -0.4 is 10.6 Å². The van der Waals surface area contributed by atoms with Gasteiger partial charge in [-0.1, -0.05) is 0 Å². The van der Waals surface area contributed by atoms with E-state index < -0.39 is 23.9 Å². The number of carbonyl (C=O) groups excluding carboxylic acids is 1. The fourth-order valence-corrected chi connectivity index (χ4v) is 2.31. The Balaban J connectivity index is 1.98. The number of anilines is 1. The molecule has 0 aromatic heterocycles. The van der Waals surface area contributed by atoms with Gasteiger partial charge in [-0.2, -0.15) is 0 Å². The monoisotopic (exact) mass is 378 g/mol. The van der Waals surface area contributed by atoms with Crippen molar-refractivity contribution in [2.75, 3.05) is 5.32 Å². The molecular weight excluding hydrogens is 366 g/mol. The van der Waals surface area contributed by atoms with E-state index in [1.807, 2.05) is 22.6 Å². The number of urea groups is 1. The predicted octanol–water partition coefficient (Wildman–Crippen LogP) is 2.42. The van der Waals surface area contributed by atoms with Crippen molar-refractivity contribution in [3.8, 4) is 0 Å². The largest absolute Gasteiger partial charge is 0.480 e. The Kier molecular flexibility index (Phi) is 4.23. The van der Waals surface area contributed by atoms with Crippen LogP contribution in [0.1, 0.15) is 12.8 Å². The fraction of sp³-hybridized carbons (Fsp3) is 0.333. The van der Waals surface area contributed by atoms with E-state index >= 15 is 0 Å². The van der Waals surface area contributed by atoms with Crippen LogP contribution in [0.5, 0.6) is 0 Å². The van der Waals surface area contributed by atoms with Crippen molar-refractivity contribution < 1.29 is 19.1 Å². The van der Waals surface area contributed by atoms with E-state index in [9.17, 15) is 14.0 Å². The zero-order valence-corrected chi connectivity index (χ0v) is 12.0. The molecule has 0 aliphatic heterocycles. The second-order valence-electron chi connectivity index (χ2n) is 4.38. The van der Waals surface area contributed by atoms with Crippen molar-refractivity contribution in [1.82, 2.24) is 5.32 Å². The zero-order valence-electron chi connectivity index (χ0n) is 9.82. The minimum Gasteiger partial charge on any atom is -0.480 e. The highest BCUT2D eigenvalue weighted by Crippen LogP contribution is 2.32. The molecule has 0 heterocycles. The van der Waals surface area contributed by atoms with Crippen LogP contribution in [-0.4, -0.2) is 23.1 Å². The number of hydrogen-bond donors (Lipinski definition) is 3. The molecule has 0 bridgehead atoms. The molecule has 7 heteroatoms. The van der Waals surface area contributed by atoms with Gasteiger partial charge in [0.25, 0.3) is 0 Å². The van der Waals surface area contributed by atoms with Crippen LogP contribution in [0.15, 0.2) is 18.2 Å². The van der Waals surface area contributed by atoms with Crippen LogP contribution in [0.3, 0.4) is 0 Å². The normalized spacial score (nSPS) is 15.7. The average Bonchev–Trinajstić information content (AvgIpc) is 3.13. The van der Waals surface area contributed by atoms with Gasteiger partial charge in [0.1, 0.15) is 11.9 Å². The summed E-state index contributed by atoms with van der Waals surface area (Å²) in [4.78, 5) is 22.7. The molecule has 19 heavy (non-hydrogen) atoms. The molecule has 2 rings (SSSR count). The SMILES string of the molecule is O=C(Nc1ccc(F)cc1I)NC(C(=O)O)C1CC1. The molecule has 5 nitrogen and oxygen atoms in total. The molecule has 1 aromatic rings. The molecule has 1 aromatic carbocycles. The van der Waals surface area contributed by atoms with E-state index in [-0.39, 0.29) is 5.92 Å². The molecule has 3 N–H and O–H groups in total. The minimum absolute atomic E-state index is 0.00976. The minimum atomic E-state index is -1.04. The van der Waals surface area contributed by atoms with Crippen molar-refractivity contribution in [2.45, 2.75) is 18.9 Å². The lowest BCUT2D eigenvalue weighted by atomic mass is 10.2. The van der Waals surface area contributed by atoms with Crippen LogP contribution in [0.4, 0.5) is 14.9 Å². The van der Waals surface area contributed by atoms with Crippen molar-refractivity contribution in [1.29, 1.82) is 0 Å². The first-order valence-corrected chi connectivity index (χ1v) is 6.80. The highest BCUT2D eigenvalue weighted by atomic mass is 127. The maximum atomic E-state index is 12.9. The molecule has 2 amide bonds. The molecular formula is C12H12FIN2O3. The maximum absolute atomic E-state index is 12.9. The van der Waals surface area contributed by atoms with Crippen LogP contribution in [-0.2, 0) is 4.79 Å². The van der Waals surface area contributed by atoms with Gasteiger partial charge in [0, 0.05) is 3.57 Å². The topological polar surface area (TPSA) is 78.4 Å². The summed E-state index contributed by atoms with van der Waals surface area (Å²) >= 11 is 1.89. The quantitative estimate of drug-likeness (QED) is 0.705. The summed E-state index contributed by atoms with van der Waals surface area (Å²) in [5, 5.41) is 13.9. The summed E-state index contributed by atoms with van der Waals surface area (Å²) in [7, 11) is 0. The van der Waals surface area contributed by atoms with Crippen molar-refractivity contribution in [3.05, 3.63) is 27.6 Å². The first-order valence-electron chi connectivity index (χ1n) is 5.73. The van der Waals surface area contributed by atoms with E-state index in [1.165, 1.54) is 18.2 Å². The maximum Gasteiger partial charge on any atom is 0.326 e. The van der Waals surface area contributed by atoms with Gasteiger partial charge >= 0.3 is 12.0 Å². The molecule has 0 spiro atoms. The second kappa shape index (κ2) is 5.72. The Hall–Kier alpha value is -1.38. The van der Waals surface area contributed by atoms with Crippen LogP contribution in [0.2, 0.25) is 0 Å². The number of rotatable bonds is 4. The number of benzene rings is 1. The van der Waals surface area contributed by atoms with Crippen molar-refractivity contribution >= 4 is 40.3 Å². The molecule has 1 aliphatic carbocycles. The average molecular weight is 378 g/mol. The van der Waals surface area contributed by atoms with E-state index in [4.69, 9.17) is 5.11 Å². The van der Waals surface area contributed by atoms with Crippen molar-refractivity contribution in [3.63, 3.8) is 0 Å². The van der Waals surface area contributed by atoms with Crippen molar-refractivity contribution in [2.24, 2.45) is 5.92 Å². The van der Waals surface area contributed by atoms with Crippen LogP contribution >= 0.6 is 22.6 Å². The number of halogens is 2. The molecule has 1 atom stereocenters. The highest BCUT2D eigenvalue weighted by Gasteiger charge is 2.37. The van der Waals surface area contributed by atoms with Gasteiger partial charge in [-0.15, -0.1) is 0 Å². The number of carbonyl (C=O) groups is 2. The summed E-state index contributed by atoms with van der Waals surface area (Å²) in [5.74, 6) is -1.42. The molecule has 1 fully saturated rings. The third-order valence-electron chi connectivity index (χ3n) is 2.83. The Morgan fingerprint density at radius 1 is 1.42 bits per heavy atom. The molecule has 1 aliphatic rings. The van der Waals surface area contributed by atoms with E-state index in [0.717, 1.165) is 12.8 Å². The third kappa shape index (κ3) is 3.79. The molecule has 0 saturated heterocycles. The summed E-state index contributed by atoms with van der Waals surface area (Å²) < 4.78 is 13.5. The zero-order chi connectivity index (χ0) is 14.0. The standard InChI is InChI=1S/C12H12FIN2O3/c13-7-3-4-9(8(14)5-7)15-12(19)16-10(11(17)18)6-1-2-6/h3-6,10H,1-2H2,(H,17,18)(H2,15,16,19). The molecule has 1 saturated carbocycles. The van der Waals surface area contributed by atoms with Gasteiger partial charge in [0.15, 0.2) is 0 Å². The first kappa shape index (κ1) is 14.0. The van der Waals surface area contributed by atoms with Gasteiger partial charge in [0.05, 0.1) is 5.69 Å². The van der Waals surface area contributed by atoms with Gasteiger partial charge in [-0.05, 0) is 59.5 Å². The van der Waals surface area contributed by atoms with Gasteiger partial charge in [0.2, 0.25) is 0 Å². The summed E-state index contributed by atoms with van der Waals surface area (Å²) in [6, 6.07) is 2.49. The fourth-order valence-electron chi connectivity index (χ4n) is 1.70. The smallest absolute Gasteiger partial charge is 0.326 e. The lowest BCUT2D eigenvalue weighted by Crippen LogP contribution is -2.44. The first-order chi connectivity index (χ1) is 8.97. The van der Waals surface area contributed by atoms with E-state index in [1.54, 1.807) is 0 Å². The number of aliphatic carboxylic acids is 1. The Morgan fingerprint density at radius 2 is 2.11 bits per heavy atom. The summed E-state index contributed by atoms with van der Waals surface area (Å²) in [6.07, 6.45) is 1.62. The Morgan fingerprint density at radius 3 is 2.63 bits per heavy atom. The number of carboxylic acid groups (broad SMARTS) is 1. The van der Waals surface area contributed by atoms with Gasteiger partial charge < -0.3 is 15.7 Å². The molecule has 0 radical (unpaired) electrons. The lowest BCUT2D eigenvalue weighted by molar-refractivity contribution is -0.139. The predicted molar refractivity (Wildman–Crippen MR) is 75.4 cm³/mol. The molecule has 1 unspecified atom stereocenters. The third-order valence-corrected chi connectivity index (χ3v) is 3.72. The number of amides is 2. The van der Waals surface area contributed by atoms with E-state index in [2.05, 4.69) is 10.6 Å². The van der Waals surface area contributed by atoms with E-state index in [0.29, 0.717) is 9.26 Å². The second-order valence-corrected chi connectivity index (χ2v) is 5.54. The van der Waals surface area contributed by atoms with Crippen LogP contribution in [0, 0.1) is 15.3 Å². The lowest BCUT2D eigenvalue weighted by Gasteiger charge is -2.15. The number of hydrogen-bond acceptors (Lipinski definition) is 2. The van der Waals surface area contributed by atoms with Gasteiger partial charge in [-0.25, -0.2) is 14.0 Å². The molecule has 102 valence electrons. The number of carboxylic acids is 1. The Labute approximate surface area is 122 Å². The van der Waals surface area contributed by atoms with Crippen LogP contribution in [0.25, 0.3) is 0 Å². The Bertz CT molecular complexity index is 520. The van der Waals surface area contributed by atoms with Gasteiger partial charge in [-0.3, -0.25) is 0 Å².